The standard InChI is InChI=1S/C19H14ClF4N3O6/c1-26-14(19(22,23)24)7-15(28)27(18(26)31)11-6-13(9(20)5-10(11)21)33-12-3-2-4-25-17(12)32-8-16(29)30/h2-6,14H,7-8H2,1H3,(H,29,30). The van der Waals surface area contributed by atoms with Crippen molar-refractivity contribution in [1.82, 2.24) is 9.88 Å². The Balaban J connectivity index is 1.96. The number of carbonyl (C=O) groups excluding carboxylic acids is 2. The Bertz CT molecular complexity index is 1110. The quantitative estimate of drug-likeness (QED) is 0.611. The van der Waals surface area contributed by atoms with Gasteiger partial charge in [-0.2, -0.15) is 13.2 Å². The van der Waals surface area contributed by atoms with E-state index in [2.05, 4.69) is 4.98 Å². The Morgan fingerprint density at radius 1 is 1.30 bits per heavy atom. The van der Waals surface area contributed by atoms with E-state index in [1.807, 2.05) is 0 Å². The van der Waals surface area contributed by atoms with E-state index in [0.717, 1.165) is 13.1 Å². The molecule has 1 atom stereocenters. The summed E-state index contributed by atoms with van der Waals surface area (Å²) in [5, 5.41) is 8.43. The Labute approximate surface area is 188 Å². The first-order valence-corrected chi connectivity index (χ1v) is 9.41. The predicted molar refractivity (Wildman–Crippen MR) is 104 cm³/mol. The van der Waals surface area contributed by atoms with Crippen molar-refractivity contribution in [1.29, 1.82) is 0 Å². The molecule has 14 heteroatoms. The summed E-state index contributed by atoms with van der Waals surface area (Å²) in [6.07, 6.45) is -4.69. The van der Waals surface area contributed by atoms with Crippen LogP contribution in [-0.2, 0) is 9.59 Å². The van der Waals surface area contributed by atoms with Crippen LogP contribution < -0.4 is 14.4 Å². The number of imide groups is 1. The number of pyridine rings is 1. The second kappa shape index (κ2) is 9.10. The van der Waals surface area contributed by atoms with E-state index >= 15 is 0 Å². The Hall–Kier alpha value is -3.61. The summed E-state index contributed by atoms with van der Waals surface area (Å²) >= 11 is 5.99. The molecule has 1 aliphatic rings. The Kier molecular flexibility index (Phi) is 6.63. The number of carboxylic acid groups (broad SMARTS) is 1. The number of nitrogens with zero attached hydrogens (tertiary/aromatic N) is 3. The van der Waals surface area contributed by atoms with Gasteiger partial charge in [0.15, 0.2) is 12.4 Å². The molecule has 1 aromatic heterocycles. The van der Waals surface area contributed by atoms with Gasteiger partial charge in [0, 0.05) is 19.3 Å². The number of carbonyl (C=O) groups is 3. The van der Waals surface area contributed by atoms with Gasteiger partial charge in [-0.05, 0) is 18.2 Å². The van der Waals surface area contributed by atoms with Crippen molar-refractivity contribution in [2.75, 3.05) is 18.6 Å². The minimum atomic E-state index is -4.86. The second-order valence-electron chi connectivity index (χ2n) is 6.71. The number of hydrogen-bond acceptors (Lipinski definition) is 6. The maximum atomic E-state index is 14.6. The zero-order valence-electron chi connectivity index (χ0n) is 16.6. The Morgan fingerprint density at radius 2 is 2.00 bits per heavy atom. The number of urea groups is 1. The number of carboxylic acids is 1. The number of hydrogen-bond donors (Lipinski definition) is 1. The van der Waals surface area contributed by atoms with Gasteiger partial charge in [0.2, 0.25) is 5.91 Å². The first-order valence-electron chi connectivity index (χ1n) is 9.03. The van der Waals surface area contributed by atoms with E-state index in [-0.39, 0.29) is 32.2 Å². The van der Waals surface area contributed by atoms with E-state index in [1.54, 1.807) is 0 Å². The summed E-state index contributed by atoms with van der Waals surface area (Å²) in [6.45, 7) is -0.751. The normalized spacial score (nSPS) is 16.7. The lowest BCUT2D eigenvalue weighted by atomic mass is 10.1. The molecule has 1 aliphatic heterocycles. The van der Waals surface area contributed by atoms with E-state index in [0.29, 0.717) is 6.07 Å². The molecule has 1 saturated heterocycles. The van der Waals surface area contributed by atoms with E-state index in [9.17, 15) is 31.9 Å². The van der Waals surface area contributed by atoms with E-state index in [4.69, 9.17) is 26.2 Å². The third-order valence-corrected chi connectivity index (χ3v) is 4.78. The third-order valence-electron chi connectivity index (χ3n) is 4.49. The van der Waals surface area contributed by atoms with Crippen molar-refractivity contribution in [2.45, 2.75) is 18.6 Å². The average Bonchev–Trinajstić information content (AvgIpc) is 2.72. The fourth-order valence-corrected chi connectivity index (χ4v) is 3.13. The average molecular weight is 492 g/mol. The van der Waals surface area contributed by atoms with E-state index in [1.165, 1.54) is 18.3 Å². The van der Waals surface area contributed by atoms with Gasteiger partial charge in [-0.25, -0.2) is 23.9 Å². The van der Waals surface area contributed by atoms with Gasteiger partial charge in [-0.1, -0.05) is 11.6 Å². The fraction of sp³-hybridized carbons (Fsp3) is 0.263. The number of rotatable bonds is 6. The van der Waals surface area contributed by atoms with E-state index < -0.39 is 54.7 Å². The summed E-state index contributed by atoms with van der Waals surface area (Å²) in [6, 6.07) is 0.532. The molecule has 0 bridgehead atoms. The number of aliphatic carboxylic acids is 1. The zero-order valence-corrected chi connectivity index (χ0v) is 17.4. The van der Waals surface area contributed by atoms with Crippen LogP contribution in [0.3, 0.4) is 0 Å². The molecule has 0 radical (unpaired) electrons. The highest BCUT2D eigenvalue weighted by atomic mass is 35.5. The molecule has 0 saturated carbocycles. The third kappa shape index (κ3) is 5.08. The monoisotopic (exact) mass is 491 g/mol. The molecule has 1 unspecified atom stereocenters. The maximum absolute atomic E-state index is 14.6. The minimum Gasteiger partial charge on any atom is -0.479 e. The van der Waals surface area contributed by atoms with Crippen LogP contribution in [0.15, 0.2) is 30.5 Å². The van der Waals surface area contributed by atoms with Crippen LogP contribution in [0.1, 0.15) is 6.42 Å². The molecule has 1 N–H and O–H groups in total. The topological polar surface area (TPSA) is 109 Å². The van der Waals surface area contributed by atoms with Crippen molar-refractivity contribution in [3.63, 3.8) is 0 Å². The van der Waals surface area contributed by atoms with Crippen LogP contribution in [-0.4, -0.2) is 58.8 Å². The lowest BCUT2D eigenvalue weighted by Gasteiger charge is -2.38. The summed E-state index contributed by atoms with van der Waals surface area (Å²) in [5.74, 6) is -4.43. The van der Waals surface area contributed by atoms with Crippen LogP contribution >= 0.6 is 11.6 Å². The van der Waals surface area contributed by atoms with Gasteiger partial charge < -0.3 is 19.5 Å². The maximum Gasteiger partial charge on any atom is 0.409 e. The predicted octanol–water partition coefficient (Wildman–Crippen LogP) is 3.85. The number of amides is 3. The molecule has 176 valence electrons. The molecule has 2 aromatic rings. The van der Waals surface area contributed by atoms with Gasteiger partial charge in [0.25, 0.3) is 5.88 Å². The number of ether oxygens (including phenoxy) is 2. The molecular weight excluding hydrogens is 478 g/mol. The molecule has 33 heavy (non-hydrogen) atoms. The summed E-state index contributed by atoms with van der Waals surface area (Å²) in [4.78, 5) is 40.0. The van der Waals surface area contributed by atoms with Gasteiger partial charge >= 0.3 is 18.2 Å². The first-order chi connectivity index (χ1) is 15.4. The zero-order chi connectivity index (χ0) is 24.5. The number of anilines is 1. The van der Waals surface area contributed by atoms with Crippen LogP contribution in [0.4, 0.5) is 28.0 Å². The highest BCUT2D eigenvalue weighted by Gasteiger charge is 2.51. The first kappa shape index (κ1) is 24.0. The highest BCUT2D eigenvalue weighted by molar-refractivity contribution is 6.32. The molecule has 3 rings (SSSR count). The molecule has 2 heterocycles. The highest BCUT2D eigenvalue weighted by Crippen LogP contribution is 2.40. The van der Waals surface area contributed by atoms with Crippen molar-refractivity contribution in [3.8, 4) is 17.4 Å². The lowest BCUT2D eigenvalue weighted by molar-refractivity contribution is -0.179. The number of aromatic nitrogens is 1. The molecule has 0 aliphatic carbocycles. The SMILES string of the molecule is CN1C(=O)N(c2cc(Oc3cccnc3OCC(=O)O)c(Cl)cc2F)C(=O)CC1C(F)(F)F. The van der Waals surface area contributed by atoms with Gasteiger partial charge in [-0.15, -0.1) is 0 Å². The lowest BCUT2D eigenvalue weighted by Crippen LogP contribution is -2.60. The smallest absolute Gasteiger partial charge is 0.409 e. The summed E-state index contributed by atoms with van der Waals surface area (Å²) in [7, 11) is 0.840. The molecule has 9 nitrogen and oxygen atoms in total. The Morgan fingerprint density at radius 3 is 2.64 bits per heavy atom. The second-order valence-corrected chi connectivity index (χ2v) is 7.12. The van der Waals surface area contributed by atoms with Crippen molar-refractivity contribution >= 4 is 35.2 Å². The number of halogens is 5. The van der Waals surface area contributed by atoms with Crippen LogP contribution in [0.25, 0.3) is 0 Å². The van der Waals surface area contributed by atoms with Crippen molar-refractivity contribution in [3.05, 3.63) is 41.3 Å². The number of benzene rings is 1. The van der Waals surface area contributed by atoms with Gasteiger partial charge in [0.05, 0.1) is 17.1 Å². The van der Waals surface area contributed by atoms with Gasteiger partial charge in [-0.3, -0.25) is 4.79 Å². The van der Waals surface area contributed by atoms with Crippen LogP contribution in [0.2, 0.25) is 5.02 Å². The van der Waals surface area contributed by atoms with Gasteiger partial charge in [0.1, 0.15) is 17.6 Å². The molecule has 3 amide bonds. The van der Waals surface area contributed by atoms with Crippen molar-refractivity contribution in [2.24, 2.45) is 0 Å². The molecule has 0 spiro atoms. The largest absolute Gasteiger partial charge is 0.479 e. The molecular formula is C19H14ClF4N3O6. The molecule has 1 fully saturated rings. The summed E-state index contributed by atoms with van der Waals surface area (Å²) in [5.41, 5.74) is -0.686. The minimum absolute atomic E-state index is 0.135. The van der Waals surface area contributed by atoms with Crippen LogP contribution in [0.5, 0.6) is 17.4 Å². The van der Waals surface area contributed by atoms with Crippen LogP contribution in [0, 0.1) is 5.82 Å². The summed E-state index contributed by atoms with van der Waals surface area (Å²) < 4.78 is 64.5. The molecule has 1 aromatic carbocycles. The fourth-order valence-electron chi connectivity index (χ4n) is 2.94. The number of alkyl halides is 3. The van der Waals surface area contributed by atoms with Crippen molar-refractivity contribution < 1.29 is 46.5 Å².